The standard InChI is InChI=1S/C74H128O6/c1-4-7-10-13-16-19-22-25-27-29-30-31-32-33-34-35-36-37-38-39-40-41-42-43-44-46-47-49-52-55-58-61-64-67-73(76)79-70-71(69-78-72(75)66-63-60-57-54-51-24-21-18-15-12-9-6-3)80-74(77)68-65-62-59-56-53-50-48-45-28-26-23-20-17-14-11-8-5-2/h7,10,16-17,19-20,25-28,30-31,33-34,36-37,71H,4-6,8-9,11-15,18,21-24,29,32,35,38-70H2,1-3H3/b10-7-,19-16-,20-17-,27-25-,28-26-,31-30-,34-33-,37-36-. The van der Waals surface area contributed by atoms with E-state index in [-0.39, 0.29) is 31.1 Å². The third-order valence-electron chi connectivity index (χ3n) is 14.8. The second-order valence-corrected chi connectivity index (χ2v) is 22.7. The molecule has 0 saturated carbocycles. The molecule has 460 valence electrons. The van der Waals surface area contributed by atoms with E-state index in [2.05, 4.69) is 118 Å². The van der Waals surface area contributed by atoms with Gasteiger partial charge in [0.25, 0.3) is 0 Å². The van der Waals surface area contributed by atoms with E-state index in [4.69, 9.17) is 14.2 Å². The third-order valence-corrected chi connectivity index (χ3v) is 14.8. The highest BCUT2D eigenvalue weighted by Gasteiger charge is 2.19. The lowest BCUT2D eigenvalue weighted by molar-refractivity contribution is -0.167. The predicted molar refractivity (Wildman–Crippen MR) is 348 cm³/mol. The van der Waals surface area contributed by atoms with E-state index in [9.17, 15) is 14.4 Å². The predicted octanol–water partition coefficient (Wildman–Crippen LogP) is 23.6. The Morgan fingerprint density at radius 3 is 0.787 bits per heavy atom. The summed E-state index contributed by atoms with van der Waals surface area (Å²) in [6, 6.07) is 0. The molecule has 0 N–H and O–H groups in total. The maximum absolute atomic E-state index is 12.9. The van der Waals surface area contributed by atoms with Gasteiger partial charge < -0.3 is 14.2 Å². The molecule has 0 saturated heterocycles. The van der Waals surface area contributed by atoms with Crippen LogP contribution in [0.25, 0.3) is 0 Å². The zero-order chi connectivity index (χ0) is 57.8. The molecule has 1 unspecified atom stereocenters. The average Bonchev–Trinajstić information content (AvgIpc) is 3.46. The van der Waals surface area contributed by atoms with Gasteiger partial charge in [0.2, 0.25) is 0 Å². The van der Waals surface area contributed by atoms with Gasteiger partial charge in [0.15, 0.2) is 6.10 Å². The maximum atomic E-state index is 12.9. The van der Waals surface area contributed by atoms with Crippen molar-refractivity contribution in [3.63, 3.8) is 0 Å². The summed E-state index contributed by atoms with van der Waals surface area (Å²) >= 11 is 0. The number of rotatable bonds is 62. The first-order chi connectivity index (χ1) is 39.5. The fraction of sp³-hybridized carbons (Fsp3) is 0.743. The van der Waals surface area contributed by atoms with Gasteiger partial charge in [-0.2, -0.15) is 0 Å². The van der Waals surface area contributed by atoms with Crippen LogP contribution in [0.1, 0.15) is 335 Å². The van der Waals surface area contributed by atoms with Crippen LogP contribution < -0.4 is 0 Å². The number of hydrogen-bond acceptors (Lipinski definition) is 6. The molecular weight excluding hydrogens is 985 g/mol. The molecule has 0 rings (SSSR count). The van der Waals surface area contributed by atoms with Crippen molar-refractivity contribution in [2.24, 2.45) is 0 Å². The third kappa shape index (κ3) is 65.1. The van der Waals surface area contributed by atoms with Crippen LogP contribution >= 0.6 is 0 Å². The molecule has 80 heavy (non-hydrogen) atoms. The van der Waals surface area contributed by atoms with E-state index in [0.29, 0.717) is 19.3 Å². The van der Waals surface area contributed by atoms with Crippen LogP contribution in [0.3, 0.4) is 0 Å². The van der Waals surface area contributed by atoms with Crippen LogP contribution in [0.15, 0.2) is 97.2 Å². The van der Waals surface area contributed by atoms with E-state index in [0.717, 1.165) is 109 Å². The summed E-state index contributed by atoms with van der Waals surface area (Å²) in [7, 11) is 0. The number of allylic oxidation sites excluding steroid dienone is 16. The summed E-state index contributed by atoms with van der Waals surface area (Å²) < 4.78 is 16.9. The van der Waals surface area contributed by atoms with E-state index in [1.54, 1.807) is 0 Å². The van der Waals surface area contributed by atoms with Crippen molar-refractivity contribution in [1.29, 1.82) is 0 Å². The highest BCUT2D eigenvalue weighted by atomic mass is 16.6. The summed E-state index contributed by atoms with van der Waals surface area (Å²) in [5.74, 6) is -0.870. The van der Waals surface area contributed by atoms with Crippen molar-refractivity contribution >= 4 is 17.9 Å². The second kappa shape index (κ2) is 67.8. The van der Waals surface area contributed by atoms with Gasteiger partial charge in [-0.25, -0.2) is 0 Å². The first-order valence-electron chi connectivity index (χ1n) is 34.2. The topological polar surface area (TPSA) is 78.9 Å². The summed E-state index contributed by atoms with van der Waals surface area (Å²) in [6.45, 7) is 6.52. The molecule has 0 aliphatic heterocycles. The number of esters is 3. The Bertz CT molecular complexity index is 1560. The van der Waals surface area contributed by atoms with E-state index >= 15 is 0 Å². The number of carbonyl (C=O) groups excluding carboxylic acids is 3. The molecule has 0 aromatic heterocycles. The molecule has 0 heterocycles. The molecule has 0 aromatic rings. The molecule has 0 fully saturated rings. The molecule has 0 amide bonds. The Morgan fingerprint density at radius 2 is 0.487 bits per heavy atom. The zero-order valence-electron chi connectivity index (χ0n) is 52.8. The fourth-order valence-electron chi connectivity index (χ4n) is 9.71. The molecule has 0 radical (unpaired) electrons. The molecular formula is C74H128O6. The van der Waals surface area contributed by atoms with Crippen molar-refractivity contribution in [1.82, 2.24) is 0 Å². The molecule has 0 aromatic carbocycles. The molecule has 0 aliphatic carbocycles. The van der Waals surface area contributed by atoms with E-state index in [1.165, 1.54) is 186 Å². The summed E-state index contributed by atoms with van der Waals surface area (Å²) in [5.41, 5.74) is 0. The Morgan fingerprint density at radius 1 is 0.263 bits per heavy atom. The van der Waals surface area contributed by atoms with Gasteiger partial charge in [-0.1, -0.05) is 311 Å². The Hall–Kier alpha value is -3.67. The van der Waals surface area contributed by atoms with Gasteiger partial charge in [0.1, 0.15) is 13.2 Å². The maximum Gasteiger partial charge on any atom is 0.306 e. The summed E-state index contributed by atoms with van der Waals surface area (Å²) in [6.07, 6.45) is 91.4. The first kappa shape index (κ1) is 76.3. The Kier molecular flexibility index (Phi) is 64.7. The minimum atomic E-state index is -0.780. The van der Waals surface area contributed by atoms with Gasteiger partial charge in [-0.15, -0.1) is 0 Å². The van der Waals surface area contributed by atoms with Crippen LogP contribution in [0, 0.1) is 0 Å². The lowest BCUT2D eigenvalue weighted by Gasteiger charge is -2.18. The van der Waals surface area contributed by atoms with Gasteiger partial charge in [0.05, 0.1) is 0 Å². The van der Waals surface area contributed by atoms with E-state index in [1.807, 2.05) is 0 Å². The van der Waals surface area contributed by atoms with Crippen molar-refractivity contribution < 1.29 is 28.6 Å². The number of ether oxygens (including phenoxy) is 3. The van der Waals surface area contributed by atoms with Crippen LogP contribution in [0.4, 0.5) is 0 Å². The van der Waals surface area contributed by atoms with Crippen molar-refractivity contribution in [3.8, 4) is 0 Å². The van der Waals surface area contributed by atoms with Crippen molar-refractivity contribution in [2.45, 2.75) is 341 Å². The van der Waals surface area contributed by atoms with Crippen LogP contribution in [0.2, 0.25) is 0 Å². The number of unbranched alkanes of at least 4 members (excludes halogenated alkanes) is 35. The first-order valence-corrected chi connectivity index (χ1v) is 34.2. The SMILES string of the molecule is CC/C=C\C/C=C\C/C=C\C/C=C\C/C=C\C/C=C\CCCCCCCCCCCCCCCCC(=O)OCC(COC(=O)CCCCCCCCCCCCCC)OC(=O)CCCCCCCCC/C=C\C/C=C\CCCCC. The lowest BCUT2D eigenvalue weighted by Crippen LogP contribution is -2.30. The van der Waals surface area contributed by atoms with Gasteiger partial charge >= 0.3 is 17.9 Å². The number of hydrogen-bond donors (Lipinski definition) is 0. The second-order valence-electron chi connectivity index (χ2n) is 22.7. The fourth-order valence-corrected chi connectivity index (χ4v) is 9.71. The minimum Gasteiger partial charge on any atom is -0.462 e. The quantitative estimate of drug-likeness (QED) is 0.0261. The van der Waals surface area contributed by atoms with Gasteiger partial charge in [-0.05, 0) is 103 Å². The Balaban J connectivity index is 4.18. The largest absolute Gasteiger partial charge is 0.462 e. The summed E-state index contributed by atoms with van der Waals surface area (Å²) in [4.78, 5) is 38.3. The average molecular weight is 1110 g/mol. The number of carbonyl (C=O) groups is 3. The molecule has 0 bridgehead atoms. The Labute approximate surface area is 496 Å². The van der Waals surface area contributed by atoms with Gasteiger partial charge in [-0.3, -0.25) is 14.4 Å². The van der Waals surface area contributed by atoms with Crippen molar-refractivity contribution in [2.75, 3.05) is 13.2 Å². The highest BCUT2D eigenvalue weighted by molar-refractivity contribution is 5.71. The smallest absolute Gasteiger partial charge is 0.306 e. The zero-order valence-corrected chi connectivity index (χ0v) is 52.8. The molecule has 6 nitrogen and oxygen atoms in total. The van der Waals surface area contributed by atoms with Crippen LogP contribution in [0.5, 0.6) is 0 Å². The molecule has 6 heteroatoms. The molecule has 0 spiro atoms. The summed E-state index contributed by atoms with van der Waals surface area (Å²) in [5, 5.41) is 0. The molecule has 1 atom stereocenters. The minimum absolute atomic E-state index is 0.0760. The molecule has 0 aliphatic rings. The highest BCUT2D eigenvalue weighted by Crippen LogP contribution is 2.17. The van der Waals surface area contributed by atoms with Crippen molar-refractivity contribution in [3.05, 3.63) is 97.2 Å². The lowest BCUT2D eigenvalue weighted by atomic mass is 10.0. The van der Waals surface area contributed by atoms with E-state index < -0.39 is 6.10 Å². The normalized spacial score (nSPS) is 12.7. The van der Waals surface area contributed by atoms with Crippen LogP contribution in [-0.2, 0) is 28.6 Å². The van der Waals surface area contributed by atoms with Gasteiger partial charge in [0, 0.05) is 19.3 Å². The monoisotopic (exact) mass is 1110 g/mol. The van der Waals surface area contributed by atoms with Crippen LogP contribution in [-0.4, -0.2) is 37.2 Å².